The van der Waals surface area contributed by atoms with Gasteiger partial charge in [-0.25, -0.2) is 4.79 Å². The molecule has 0 atom stereocenters. The molecule has 0 aliphatic rings. The molecule has 1 aromatic rings. The molecule has 0 aliphatic heterocycles. The van der Waals surface area contributed by atoms with Crippen molar-refractivity contribution in [1.29, 1.82) is 0 Å². The van der Waals surface area contributed by atoms with E-state index in [4.69, 9.17) is 0 Å². The Bertz CT molecular complexity index is 295. The number of hydrogen-bond acceptors (Lipinski definition) is 1. The van der Waals surface area contributed by atoms with E-state index in [2.05, 4.69) is 25.8 Å². The smallest absolute Gasteiger partial charge is 0.313 e. The van der Waals surface area contributed by atoms with Gasteiger partial charge in [-0.3, -0.25) is 4.57 Å². The lowest BCUT2D eigenvalue weighted by molar-refractivity contribution is 0.291. The van der Waals surface area contributed by atoms with Crippen LogP contribution >= 0.6 is 0 Å². The van der Waals surface area contributed by atoms with E-state index in [0.29, 0.717) is 0 Å². The fraction of sp³-hybridized carbons (Fsp3) is 0.667. The first kappa shape index (κ1) is 9.10. The highest BCUT2D eigenvalue weighted by molar-refractivity contribution is 4.79. The predicted octanol–water partition coefficient (Wildman–Crippen LogP) is 1.61. The summed E-state index contributed by atoms with van der Waals surface area (Å²) >= 11 is 0. The maximum atomic E-state index is 11.1. The molecule has 1 aromatic heterocycles. The third-order valence-corrected chi connectivity index (χ3v) is 2.28. The van der Waals surface area contributed by atoms with E-state index < -0.39 is 0 Å². The topological polar surface area (TPSA) is 37.8 Å². The predicted molar refractivity (Wildman–Crippen MR) is 49.1 cm³/mol. The summed E-state index contributed by atoms with van der Waals surface area (Å²) in [4.78, 5) is 13.7. The Hall–Kier alpha value is -0.990. The maximum Gasteiger partial charge on any atom is 0.325 e. The van der Waals surface area contributed by atoms with Crippen molar-refractivity contribution in [1.82, 2.24) is 9.55 Å². The Morgan fingerprint density at radius 1 is 1.58 bits per heavy atom. The van der Waals surface area contributed by atoms with E-state index in [0.717, 1.165) is 13.0 Å². The zero-order valence-electron chi connectivity index (χ0n) is 7.92. The number of rotatable bonds is 3. The van der Waals surface area contributed by atoms with E-state index in [1.165, 1.54) is 0 Å². The van der Waals surface area contributed by atoms with Gasteiger partial charge in [-0.05, 0) is 11.8 Å². The van der Waals surface area contributed by atoms with Crippen molar-refractivity contribution in [3.05, 3.63) is 22.9 Å². The van der Waals surface area contributed by atoms with Gasteiger partial charge in [-0.1, -0.05) is 20.8 Å². The Balaban J connectivity index is 2.77. The summed E-state index contributed by atoms with van der Waals surface area (Å²) in [7, 11) is 0. The zero-order chi connectivity index (χ0) is 9.19. The molecule has 0 saturated heterocycles. The monoisotopic (exact) mass is 168 g/mol. The standard InChI is InChI=1S/C9H16N2O/c1-4-9(2,3)7-11-6-5-10-8(11)12/h5-6H,4,7H2,1-3H3,(H,10,12). The second-order valence-corrected chi connectivity index (χ2v) is 3.91. The Labute approximate surface area is 72.4 Å². The van der Waals surface area contributed by atoms with E-state index in [-0.39, 0.29) is 11.1 Å². The highest BCUT2D eigenvalue weighted by atomic mass is 16.1. The molecule has 1 N–H and O–H groups in total. The molecule has 3 nitrogen and oxygen atoms in total. The number of imidazole rings is 1. The largest absolute Gasteiger partial charge is 0.325 e. The second-order valence-electron chi connectivity index (χ2n) is 3.91. The minimum Gasteiger partial charge on any atom is -0.313 e. The average molecular weight is 168 g/mol. The van der Waals surface area contributed by atoms with Crippen LogP contribution in [0.25, 0.3) is 0 Å². The van der Waals surface area contributed by atoms with Crippen LogP contribution in [0.4, 0.5) is 0 Å². The maximum absolute atomic E-state index is 11.1. The van der Waals surface area contributed by atoms with Crippen LogP contribution in [0.3, 0.4) is 0 Å². The first-order chi connectivity index (χ1) is 5.55. The molecule has 0 bridgehead atoms. The number of aromatic nitrogens is 2. The minimum atomic E-state index is -0.0171. The molecular formula is C9H16N2O. The molecule has 3 heteroatoms. The minimum absolute atomic E-state index is 0.0171. The molecular weight excluding hydrogens is 152 g/mol. The number of aromatic amines is 1. The molecule has 12 heavy (non-hydrogen) atoms. The van der Waals surface area contributed by atoms with Gasteiger partial charge in [0.1, 0.15) is 0 Å². The Kier molecular flexibility index (Phi) is 2.40. The lowest BCUT2D eigenvalue weighted by atomic mass is 9.90. The Morgan fingerprint density at radius 2 is 2.25 bits per heavy atom. The molecule has 0 radical (unpaired) electrons. The molecule has 0 aromatic carbocycles. The van der Waals surface area contributed by atoms with Crippen molar-refractivity contribution in [3.63, 3.8) is 0 Å². The summed E-state index contributed by atoms with van der Waals surface area (Å²) in [6, 6.07) is 0. The van der Waals surface area contributed by atoms with Crippen LogP contribution in [0, 0.1) is 5.41 Å². The molecule has 0 saturated carbocycles. The van der Waals surface area contributed by atoms with Crippen molar-refractivity contribution >= 4 is 0 Å². The molecule has 0 amide bonds. The summed E-state index contributed by atoms with van der Waals surface area (Å²) in [5.74, 6) is 0. The third kappa shape index (κ3) is 2.00. The number of H-pyrrole nitrogens is 1. The Morgan fingerprint density at radius 3 is 2.67 bits per heavy atom. The first-order valence-electron chi connectivity index (χ1n) is 4.29. The third-order valence-electron chi connectivity index (χ3n) is 2.28. The quantitative estimate of drug-likeness (QED) is 0.731. The molecule has 0 fully saturated rings. The summed E-state index contributed by atoms with van der Waals surface area (Å²) in [6.07, 6.45) is 4.54. The van der Waals surface area contributed by atoms with Crippen LogP contribution in [0.15, 0.2) is 17.2 Å². The molecule has 1 heterocycles. The summed E-state index contributed by atoms with van der Waals surface area (Å²) in [5, 5.41) is 0. The van der Waals surface area contributed by atoms with Crippen molar-refractivity contribution < 1.29 is 0 Å². The fourth-order valence-corrected chi connectivity index (χ4v) is 1.05. The highest BCUT2D eigenvalue weighted by Gasteiger charge is 2.16. The van der Waals surface area contributed by atoms with Crippen LogP contribution in [0.1, 0.15) is 27.2 Å². The van der Waals surface area contributed by atoms with Gasteiger partial charge in [-0.15, -0.1) is 0 Å². The molecule has 0 unspecified atom stereocenters. The van der Waals surface area contributed by atoms with Gasteiger partial charge in [0.2, 0.25) is 0 Å². The number of nitrogens with zero attached hydrogens (tertiary/aromatic N) is 1. The van der Waals surface area contributed by atoms with Crippen LogP contribution in [0.2, 0.25) is 0 Å². The summed E-state index contributed by atoms with van der Waals surface area (Å²) in [5.41, 5.74) is 0.183. The first-order valence-corrected chi connectivity index (χ1v) is 4.29. The number of hydrogen-bond donors (Lipinski definition) is 1. The van der Waals surface area contributed by atoms with Gasteiger partial charge < -0.3 is 4.98 Å². The van der Waals surface area contributed by atoms with Gasteiger partial charge >= 0.3 is 5.69 Å². The van der Waals surface area contributed by atoms with Gasteiger partial charge in [0, 0.05) is 18.9 Å². The van der Waals surface area contributed by atoms with E-state index in [1.807, 2.05) is 0 Å². The average Bonchev–Trinajstić information content (AvgIpc) is 2.36. The van der Waals surface area contributed by atoms with E-state index >= 15 is 0 Å². The van der Waals surface area contributed by atoms with E-state index in [9.17, 15) is 4.79 Å². The molecule has 1 rings (SSSR count). The van der Waals surface area contributed by atoms with Crippen LogP contribution < -0.4 is 5.69 Å². The van der Waals surface area contributed by atoms with Crippen LogP contribution in [-0.2, 0) is 6.54 Å². The van der Waals surface area contributed by atoms with E-state index in [1.54, 1.807) is 17.0 Å². The van der Waals surface area contributed by atoms with Gasteiger partial charge in [0.25, 0.3) is 0 Å². The number of nitrogens with one attached hydrogen (secondary N) is 1. The van der Waals surface area contributed by atoms with Crippen molar-refractivity contribution in [2.24, 2.45) is 5.41 Å². The highest BCUT2D eigenvalue weighted by Crippen LogP contribution is 2.20. The van der Waals surface area contributed by atoms with Crippen molar-refractivity contribution in [2.75, 3.05) is 0 Å². The van der Waals surface area contributed by atoms with Crippen molar-refractivity contribution in [3.8, 4) is 0 Å². The zero-order valence-corrected chi connectivity index (χ0v) is 7.92. The van der Waals surface area contributed by atoms with Gasteiger partial charge in [0.15, 0.2) is 0 Å². The molecule has 0 aliphatic carbocycles. The lowest BCUT2D eigenvalue weighted by Gasteiger charge is -2.22. The van der Waals surface area contributed by atoms with Crippen LogP contribution in [-0.4, -0.2) is 9.55 Å². The molecule has 0 spiro atoms. The van der Waals surface area contributed by atoms with Crippen molar-refractivity contribution in [2.45, 2.75) is 33.7 Å². The normalized spacial score (nSPS) is 11.9. The van der Waals surface area contributed by atoms with Gasteiger partial charge in [0.05, 0.1) is 0 Å². The summed E-state index contributed by atoms with van der Waals surface area (Å²) in [6.45, 7) is 7.24. The fourth-order valence-electron chi connectivity index (χ4n) is 1.05. The lowest BCUT2D eigenvalue weighted by Crippen LogP contribution is -2.25. The molecule has 68 valence electrons. The SMILES string of the molecule is CCC(C)(C)Cn1cc[nH]c1=O. The van der Waals surface area contributed by atoms with Crippen LogP contribution in [0.5, 0.6) is 0 Å². The summed E-state index contributed by atoms with van der Waals surface area (Å²) < 4.78 is 1.71. The van der Waals surface area contributed by atoms with Gasteiger partial charge in [-0.2, -0.15) is 0 Å². The second kappa shape index (κ2) is 3.17.